The average molecular weight is 237 g/mol. The zero-order valence-corrected chi connectivity index (χ0v) is 10.8. The normalized spacial score (nSPS) is 24.5. The smallest absolute Gasteiger partial charge is 0.111 e. The van der Waals surface area contributed by atoms with Gasteiger partial charge in [-0.15, -0.1) is 0 Å². The standard InChI is InChI=1S/C13H23N3O/c1-3-16-8-7-15-12(16)9-13(2,17)11-5-4-6-14-10-11/h7-8,11,14,17H,3-6,9-10H2,1-2H3. The Hall–Kier alpha value is -0.870. The third kappa shape index (κ3) is 2.87. The van der Waals surface area contributed by atoms with Crippen LogP contribution in [0.15, 0.2) is 12.4 Å². The molecule has 1 aromatic rings. The summed E-state index contributed by atoms with van der Waals surface area (Å²) in [6.07, 6.45) is 6.69. The minimum Gasteiger partial charge on any atom is -0.389 e. The number of nitrogens with zero attached hydrogens (tertiary/aromatic N) is 2. The molecule has 0 aromatic carbocycles. The van der Waals surface area contributed by atoms with E-state index >= 15 is 0 Å². The maximum atomic E-state index is 10.6. The first-order valence-corrected chi connectivity index (χ1v) is 6.56. The molecule has 1 aliphatic rings. The predicted molar refractivity (Wildman–Crippen MR) is 67.8 cm³/mol. The topological polar surface area (TPSA) is 50.1 Å². The van der Waals surface area contributed by atoms with E-state index < -0.39 is 5.60 Å². The summed E-state index contributed by atoms with van der Waals surface area (Å²) in [4.78, 5) is 4.35. The lowest BCUT2D eigenvalue weighted by Crippen LogP contribution is -2.46. The lowest BCUT2D eigenvalue weighted by molar-refractivity contribution is -0.0124. The van der Waals surface area contributed by atoms with E-state index in [1.165, 1.54) is 0 Å². The number of nitrogens with one attached hydrogen (secondary N) is 1. The SMILES string of the molecule is CCn1ccnc1CC(C)(O)C1CCCNC1. The van der Waals surface area contributed by atoms with Gasteiger partial charge in [-0.25, -0.2) is 4.98 Å². The summed E-state index contributed by atoms with van der Waals surface area (Å²) in [6, 6.07) is 0. The summed E-state index contributed by atoms with van der Waals surface area (Å²) in [6.45, 7) is 6.95. The van der Waals surface area contributed by atoms with Crippen LogP contribution in [0.25, 0.3) is 0 Å². The Morgan fingerprint density at radius 2 is 2.47 bits per heavy atom. The third-order valence-electron chi connectivity index (χ3n) is 3.83. The summed E-state index contributed by atoms with van der Waals surface area (Å²) in [5.74, 6) is 1.32. The number of hydrogen-bond donors (Lipinski definition) is 2. The van der Waals surface area contributed by atoms with Gasteiger partial charge in [0, 0.05) is 37.8 Å². The maximum absolute atomic E-state index is 10.6. The summed E-state index contributed by atoms with van der Waals surface area (Å²) < 4.78 is 2.10. The largest absolute Gasteiger partial charge is 0.389 e. The van der Waals surface area contributed by atoms with E-state index in [1.54, 1.807) is 0 Å². The van der Waals surface area contributed by atoms with Gasteiger partial charge in [0.25, 0.3) is 0 Å². The van der Waals surface area contributed by atoms with Gasteiger partial charge >= 0.3 is 0 Å². The van der Waals surface area contributed by atoms with Crippen LogP contribution in [0.5, 0.6) is 0 Å². The Kier molecular flexibility index (Phi) is 3.84. The van der Waals surface area contributed by atoms with E-state index in [0.29, 0.717) is 12.3 Å². The second kappa shape index (κ2) is 5.19. The van der Waals surface area contributed by atoms with Crippen LogP contribution in [0.4, 0.5) is 0 Å². The number of aromatic nitrogens is 2. The van der Waals surface area contributed by atoms with Crippen LogP contribution in [-0.2, 0) is 13.0 Å². The minimum absolute atomic E-state index is 0.332. The maximum Gasteiger partial charge on any atom is 0.111 e. The molecule has 1 saturated heterocycles. The molecule has 0 saturated carbocycles. The van der Waals surface area contributed by atoms with Gasteiger partial charge in [-0.2, -0.15) is 0 Å². The van der Waals surface area contributed by atoms with E-state index in [0.717, 1.165) is 38.3 Å². The molecule has 17 heavy (non-hydrogen) atoms. The van der Waals surface area contributed by atoms with Gasteiger partial charge < -0.3 is 15.0 Å². The number of hydrogen-bond acceptors (Lipinski definition) is 3. The fourth-order valence-corrected chi connectivity index (χ4v) is 2.64. The Balaban J connectivity index is 2.05. The van der Waals surface area contributed by atoms with Gasteiger partial charge in [-0.05, 0) is 33.2 Å². The van der Waals surface area contributed by atoms with Crippen LogP contribution in [0.2, 0.25) is 0 Å². The van der Waals surface area contributed by atoms with E-state index in [2.05, 4.69) is 21.8 Å². The number of aryl methyl sites for hydroxylation is 1. The van der Waals surface area contributed by atoms with Crippen molar-refractivity contribution in [2.24, 2.45) is 5.92 Å². The molecule has 1 fully saturated rings. The highest BCUT2D eigenvalue weighted by Crippen LogP contribution is 2.27. The van der Waals surface area contributed by atoms with Gasteiger partial charge in [-0.1, -0.05) is 0 Å². The zero-order chi connectivity index (χ0) is 12.3. The third-order valence-corrected chi connectivity index (χ3v) is 3.83. The van der Waals surface area contributed by atoms with Gasteiger partial charge in [-0.3, -0.25) is 0 Å². The van der Waals surface area contributed by atoms with E-state index in [1.807, 2.05) is 19.3 Å². The van der Waals surface area contributed by atoms with Crippen molar-refractivity contribution < 1.29 is 5.11 Å². The van der Waals surface area contributed by atoms with E-state index in [-0.39, 0.29) is 0 Å². The molecular weight excluding hydrogens is 214 g/mol. The minimum atomic E-state index is -0.661. The number of imidazole rings is 1. The number of piperidine rings is 1. The van der Waals surface area contributed by atoms with Crippen molar-refractivity contribution in [2.45, 2.75) is 45.3 Å². The van der Waals surface area contributed by atoms with Crippen LogP contribution < -0.4 is 5.32 Å². The van der Waals surface area contributed by atoms with Gasteiger partial charge in [0.1, 0.15) is 5.82 Å². The number of rotatable bonds is 4. The highest BCUT2D eigenvalue weighted by molar-refractivity contribution is 5.00. The second-order valence-corrected chi connectivity index (χ2v) is 5.21. The summed E-state index contributed by atoms with van der Waals surface area (Å²) in [7, 11) is 0. The molecule has 2 N–H and O–H groups in total. The first kappa shape index (κ1) is 12.6. The van der Waals surface area contributed by atoms with Crippen LogP contribution >= 0.6 is 0 Å². The van der Waals surface area contributed by atoms with Crippen molar-refractivity contribution in [2.75, 3.05) is 13.1 Å². The zero-order valence-electron chi connectivity index (χ0n) is 10.8. The Morgan fingerprint density at radius 1 is 1.65 bits per heavy atom. The van der Waals surface area contributed by atoms with Crippen molar-refractivity contribution >= 4 is 0 Å². The lowest BCUT2D eigenvalue weighted by Gasteiger charge is -2.35. The molecule has 0 aliphatic carbocycles. The predicted octanol–water partition coefficient (Wildman–Crippen LogP) is 1.20. The first-order chi connectivity index (χ1) is 8.13. The molecule has 1 aromatic heterocycles. The second-order valence-electron chi connectivity index (χ2n) is 5.21. The van der Waals surface area contributed by atoms with Crippen molar-refractivity contribution in [3.05, 3.63) is 18.2 Å². The highest BCUT2D eigenvalue weighted by Gasteiger charge is 2.34. The summed E-state index contributed by atoms with van der Waals surface area (Å²) in [5, 5.41) is 14.0. The van der Waals surface area contributed by atoms with Crippen LogP contribution in [0.3, 0.4) is 0 Å². The monoisotopic (exact) mass is 237 g/mol. The Bertz CT molecular complexity index is 353. The molecule has 2 unspecified atom stereocenters. The fourth-order valence-electron chi connectivity index (χ4n) is 2.64. The molecule has 1 aliphatic heterocycles. The molecule has 2 heterocycles. The summed E-state index contributed by atoms with van der Waals surface area (Å²) in [5.41, 5.74) is -0.661. The molecule has 2 rings (SSSR count). The molecule has 0 bridgehead atoms. The highest BCUT2D eigenvalue weighted by atomic mass is 16.3. The molecule has 0 amide bonds. The van der Waals surface area contributed by atoms with Crippen molar-refractivity contribution in [1.82, 2.24) is 14.9 Å². The van der Waals surface area contributed by atoms with Gasteiger partial charge in [0.15, 0.2) is 0 Å². The van der Waals surface area contributed by atoms with Crippen LogP contribution in [0, 0.1) is 5.92 Å². The number of aliphatic hydroxyl groups is 1. The van der Waals surface area contributed by atoms with Gasteiger partial charge in [0.2, 0.25) is 0 Å². The van der Waals surface area contributed by atoms with E-state index in [9.17, 15) is 5.11 Å². The molecule has 0 radical (unpaired) electrons. The first-order valence-electron chi connectivity index (χ1n) is 6.56. The quantitative estimate of drug-likeness (QED) is 0.827. The van der Waals surface area contributed by atoms with Crippen molar-refractivity contribution in [3.8, 4) is 0 Å². The molecule has 4 heteroatoms. The van der Waals surface area contributed by atoms with Crippen molar-refractivity contribution in [3.63, 3.8) is 0 Å². The summed E-state index contributed by atoms with van der Waals surface area (Å²) >= 11 is 0. The van der Waals surface area contributed by atoms with E-state index in [4.69, 9.17) is 0 Å². The Labute approximate surface area is 103 Å². The van der Waals surface area contributed by atoms with Crippen LogP contribution in [-0.4, -0.2) is 33.3 Å². The van der Waals surface area contributed by atoms with Crippen LogP contribution in [0.1, 0.15) is 32.5 Å². The molecule has 4 nitrogen and oxygen atoms in total. The molecule has 96 valence electrons. The fraction of sp³-hybridized carbons (Fsp3) is 0.769. The molecular formula is C13H23N3O. The van der Waals surface area contributed by atoms with Gasteiger partial charge in [0.05, 0.1) is 5.60 Å². The average Bonchev–Trinajstić information content (AvgIpc) is 2.77. The van der Waals surface area contributed by atoms with Crippen molar-refractivity contribution in [1.29, 1.82) is 0 Å². The molecule has 0 spiro atoms. The Morgan fingerprint density at radius 3 is 3.12 bits per heavy atom. The lowest BCUT2D eigenvalue weighted by atomic mass is 9.81. The molecule has 2 atom stereocenters.